The summed E-state index contributed by atoms with van der Waals surface area (Å²) in [6.45, 7) is 11.5. The molecule has 0 aromatic carbocycles. The Kier molecular flexibility index (Phi) is 2.56. The standard InChI is InChI=1S/C15H24/c1-12-7-10-14(3,11-8-12)15(4)9-5-6-13(15)2/h7H,2,5-6,8-11H2,1,3-4H3/t14-,15-/m0/s1. The molecule has 0 amide bonds. The molecule has 0 nitrogen and oxygen atoms in total. The molecule has 0 aliphatic heterocycles. The van der Waals surface area contributed by atoms with Gasteiger partial charge in [0.25, 0.3) is 0 Å². The highest BCUT2D eigenvalue weighted by atomic mass is 14.5. The number of rotatable bonds is 1. The first-order valence-electron chi connectivity index (χ1n) is 6.32. The molecule has 15 heavy (non-hydrogen) atoms. The minimum absolute atomic E-state index is 0.407. The van der Waals surface area contributed by atoms with Crippen molar-refractivity contribution in [2.24, 2.45) is 10.8 Å². The summed E-state index contributed by atoms with van der Waals surface area (Å²) in [5.74, 6) is 0. The lowest BCUT2D eigenvalue weighted by atomic mass is 9.57. The van der Waals surface area contributed by atoms with Gasteiger partial charge < -0.3 is 0 Å². The van der Waals surface area contributed by atoms with Crippen molar-refractivity contribution in [1.29, 1.82) is 0 Å². The Morgan fingerprint density at radius 1 is 1.20 bits per heavy atom. The van der Waals surface area contributed by atoms with Crippen molar-refractivity contribution in [3.8, 4) is 0 Å². The van der Waals surface area contributed by atoms with Crippen molar-refractivity contribution in [3.63, 3.8) is 0 Å². The first kappa shape index (κ1) is 11.0. The van der Waals surface area contributed by atoms with Gasteiger partial charge in [-0.05, 0) is 56.3 Å². The summed E-state index contributed by atoms with van der Waals surface area (Å²) in [4.78, 5) is 0. The summed E-state index contributed by atoms with van der Waals surface area (Å²) >= 11 is 0. The molecule has 1 fully saturated rings. The van der Waals surface area contributed by atoms with E-state index >= 15 is 0 Å². The van der Waals surface area contributed by atoms with Gasteiger partial charge in [-0.1, -0.05) is 37.6 Å². The van der Waals surface area contributed by atoms with E-state index in [1.807, 2.05) is 0 Å². The molecule has 0 bridgehead atoms. The zero-order valence-corrected chi connectivity index (χ0v) is 10.5. The second-order valence-electron chi connectivity index (χ2n) is 6.10. The maximum Gasteiger partial charge on any atom is -0.00621 e. The van der Waals surface area contributed by atoms with Crippen LogP contribution in [0.5, 0.6) is 0 Å². The summed E-state index contributed by atoms with van der Waals surface area (Å²) in [5.41, 5.74) is 3.97. The summed E-state index contributed by atoms with van der Waals surface area (Å²) in [7, 11) is 0. The van der Waals surface area contributed by atoms with E-state index in [1.54, 1.807) is 5.57 Å². The zero-order chi connectivity index (χ0) is 11.1. The van der Waals surface area contributed by atoms with Gasteiger partial charge in [-0.3, -0.25) is 0 Å². The van der Waals surface area contributed by atoms with Crippen molar-refractivity contribution >= 4 is 0 Å². The molecule has 2 aliphatic rings. The van der Waals surface area contributed by atoms with E-state index in [9.17, 15) is 0 Å². The van der Waals surface area contributed by atoms with Crippen LogP contribution in [0, 0.1) is 10.8 Å². The van der Waals surface area contributed by atoms with Crippen LogP contribution in [0.2, 0.25) is 0 Å². The second-order valence-corrected chi connectivity index (χ2v) is 6.10. The quantitative estimate of drug-likeness (QED) is 0.535. The van der Waals surface area contributed by atoms with Gasteiger partial charge in [0.05, 0.1) is 0 Å². The normalized spacial score (nSPS) is 41.8. The van der Waals surface area contributed by atoms with Gasteiger partial charge in [0.15, 0.2) is 0 Å². The molecular formula is C15H24. The molecule has 0 heterocycles. The van der Waals surface area contributed by atoms with Gasteiger partial charge in [0, 0.05) is 0 Å². The van der Waals surface area contributed by atoms with Crippen molar-refractivity contribution in [2.45, 2.75) is 59.3 Å². The smallest absolute Gasteiger partial charge is 0.00621 e. The SMILES string of the molecule is C=C1CCC[C@]1(C)[C@@]1(C)CC=C(C)CC1. The Labute approximate surface area is 94.5 Å². The molecule has 0 aromatic heterocycles. The van der Waals surface area contributed by atoms with E-state index in [2.05, 4.69) is 33.4 Å². The lowest BCUT2D eigenvalue weighted by Gasteiger charge is -2.47. The maximum atomic E-state index is 4.33. The molecule has 0 saturated heterocycles. The summed E-state index contributed by atoms with van der Waals surface area (Å²) in [5, 5.41) is 0. The van der Waals surface area contributed by atoms with Crippen molar-refractivity contribution in [1.82, 2.24) is 0 Å². The van der Waals surface area contributed by atoms with Gasteiger partial charge >= 0.3 is 0 Å². The molecule has 2 atom stereocenters. The van der Waals surface area contributed by atoms with Crippen LogP contribution in [-0.2, 0) is 0 Å². The Morgan fingerprint density at radius 2 is 1.93 bits per heavy atom. The van der Waals surface area contributed by atoms with Crippen LogP contribution in [0.25, 0.3) is 0 Å². The maximum absolute atomic E-state index is 4.33. The van der Waals surface area contributed by atoms with E-state index in [0.717, 1.165) is 0 Å². The number of hydrogen-bond donors (Lipinski definition) is 0. The average Bonchev–Trinajstić information content (AvgIpc) is 2.54. The second kappa shape index (κ2) is 3.50. The van der Waals surface area contributed by atoms with Gasteiger partial charge in [-0.25, -0.2) is 0 Å². The first-order valence-corrected chi connectivity index (χ1v) is 6.32. The molecule has 0 heteroatoms. The molecule has 0 spiro atoms. The fourth-order valence-electron chi connectivity index (χ4n) is 3.41. The minimum Gasteiger partial charge on any atom is -0.0993 e. The molecule has 84 valence electrons. The van der Waals surface area contributed by atoms with E-state index in [1.165, 1.54) is 44.1 Å². The van der Waals surface area contributed by atoms with Gasteiger partial charge in [-0.15, -0.1) is 0 Å². The monoisotopic (exact) mass is 204 g/mol. The molecule has 0 unspecified atom stereocenters. The Morgan fingerprint density at radius 3 is 2.40 bits per heavy atom. The highest BCUT2D eigenvalue weighted by molar-refractivity contribution is 5.22. The third-order valence-corrected chi connectivity index (χ3v) is 5.24. The predicted molar refractivity (Wildman–Crippen MR) is 66.8 cm³/mol. The third kappa shape index (κ3) is 1.58. The lowest BCUT2D eigenvalue weighted by molar-refractivity contribution is 0.0986. The number of hydrogen-bond acceptors (Lipinski definition) is 0. The fraction of sp³-hybridized carbons (Fsp3) is 0.733. The van der Waals surface area contributed by atoms with Crippen LogP contribution in [-0.4, -0.2) is 0 Å². The third-order valence-electron chi connectivity index (χ3n) is 5.24. The molecule has 1 saturated carbocycles. The molecule has 0 radical (unpaired) electrons. The van der Waals surface area contributed by atoms with Crippen LogP contribution < -0.4 is 0 Å². The van der Waals surface area contributed by atoms with Crippen LogP contribution in [0.3, 0.4) is 0 Å². The molecule has 0 aromatic rings. The van der Waals surface area contributed by atoms with Crippen LogP contribution in [0.4, 0.5) is 0 Å². The molecular weight excluding hydrogens is 180 g/mol. The highest BCUT2D eigenvalue weighted by Gasteiger charge is 2.47. The van der Waals surface area contributed by atoms with E-state index < -0.39 is 0 Å². The fourth-order valence-corrected chi connectivity index (χ4v) is 3.41. The zero-order valence-electron chi connectivity index (χ0n) is 10.5. The van der Waals surface area contributed by atoms with Crippen molar-refractivity contribution < 1.29 is 0 Å². The first-order chi connectivity index (χ1) is 6.98. The highest BCUT2D eigenvalue weighted by Crippen LogP contribution is 2.58. The Balaban J connectivity index is 2.26. The van der Waals surface area contributed by atoms with E-state index in [4.69, 9.17) is 0 Å². The summed E-state index contributed by atoms with van der Waals surface area (Å²) in [6, 6.07) is 0. The van der Waals surface area contributed by atoms with Gasteiger partial charge in [-0.2, -0.15) is 0 Å². The Hall–Kier alpha value is -0.520. The summed E-state index contributed by atoms with van der Waals surface area (Å²) < 4.78 is 0. The largest absolute Gasteiger partial charge is 0.0993 e. The van der Waals surface area contributed by atoms with Crippen LogP contribution >= 0.6 is 0 Å². The van der Waals surface area contributed by atoms with E-state index in [-0.39, 0.29) is 0 Å². The number of allylic oxidation sites excluding steroid dienone is 3. The lowest BCUT2D eigenvalue weighted by Crippen LogP contribution is -2.37. The van der Waals surface area contributed by atoms with Crippen LogP contribution in [0.15, 0.2) is 23.8 Å². The van der Waals surface area contributed by atoms with Gasteiger partial charge in [0.1, 0.15) is 0 Å². The van der Waals surface area contributed by atoms with E-state index in [0.29, 0.717) is 10.8 Å². The molecule has 0 N–H and O–H groups in total. The Bertz CT molecular complexity index is 310. The molecule has 2 rings (SSSR count). The summed E-state index contributed by atoms with van der Waals surface area (Å²) in [6.07, 6.45) is 10.3. The predicted octanol–water partition coefficient (Wildman–Crippen LogP) is 4.87. The van der Waals surface area contributed by atoms with Gasteiger partial charge in [0.2, 0.25) is 0 Å². The van der Waals surface area contributed by atoms with Crippen LogP contribution in [0.1, 0.15) is 59.3 Å². The minimum atomic E-state index is 0.407. The van der Waals surface area contributed by atoms with Crippen molar-refractivity contribution in [3.05, 3.63) is 23.8 Å². The topological polar surface area (TPSA) is 0 Å². The molecule has 2 aliphatic carbocycles. The van der Waals surface area contributed by atoms with Crippen molar-refractivity contribution in [2.75, 3.05) is 0 Å². The average molecular weight is 204 g/mol.